The molecule has 0 heterocycles. The third-order valence-corrected chi connectivity index (χ3v) is 5.51. The fourth-order valence-electron chi connectivity index (χ4n) is 2.15. The van der Waals surface area contributed by atoms with Crippen LogP contribution in [-0.2, 0) is 14.8 Å². The Morgan fingerprint density at radius 2 is 1.77 bits per heavy atom. The Labute approximate surface area is 160 Å². The molecule has 0 saturated heterocycles. The third-order valence-electron chi connectivity index (χ3n) is 3.48. The Morgan fingerprint density at radius 1 is 1.08 bits per heavy atom. The molecular formula is C17H19BrN2O5S. The maximum absolute atomic E-state index is 12.5. The average Bonchev–Trinajstić information content (AvgIpc) is 2.60. The molecule has 1 amide bonds. The Bertz CT molecular complexity index is 902. The summed E-state index contributed by atoms with van der Waals surface area (Å²) in [6, 6.07) is 10.2. The molecule has 1 atom stereocenters. The molecule has 140 valence electrons. The molecule has 0 spiro atoms. The van der Waals surface area contributed by atoms with E-state index in [2.05, 4.69) is 26.0 Å². The van der Waals surface area contributed by atoms with Gasteiger partial charge in [-0.25, -0.2) is 8.42 Å². The van der Waals surface area contributed by atoms with Crippen molar-refractivity contribution in [2.45, 2.75) is 17.9 Å². The highest BCUT2D eigenvalue weighted by molar-refractivity contribution is 9.10. The lowest BCUT2D eigenvalue weighted by molar-refractivity contribution is -0.117. The number of amides is 1. The Balaban J connectivity index is 2.14. The van der Waals surface area contributed by atoms with Gasteiger partial charge in [0.1, 0.15) is 0 Å². The van der Waals surface area contributed by atoms with Gasteiger partial charge in [0.05, 0.1) is 25.2 Å². The smallest absolute Gasteiger partial charge is 0.242 e. The highest BCUT2D eigenvalue weighted by Crippen LogP contribution is 2.29. The van der Waals surface area contributed by atoms with Gasteiger partial charge in [-0.15, -0.1) is 0 Å². The predicted molar refractivity (Wildman–Crippen MR) is 102 cm³/mol. The molecule has 0 saturated carbocycles. The van der Waals surface area contributed by atoms with Gasteiger partial charge in [-0.1, -0.05) is 22.0 Å². The van der Waals surface area contributed by atoms with Crippen molar-refractivity contribution in [3.63, 3.8) is 0 Å². The van der Waals surface area contributed by atoms with E-state index in [1.807, 2.05) is 6.07 Å². The maximum Gasteiger partial charge on any atom is 0.242 e. The first-order chi connectivity index (χ1) is 12.3. The number of anilines is 1. The van der Waals surface area contributed by atoms with E-state index in [4.69, 9.17) is 9.47 Å². The quantitative estimate of drug-likeness (QED) is 0.687. The standard InChI is InChI=1S/C17H19BrN2O5S/c1-11(17(21)19-13-6-4-5-12(18)9-13)20-26(22,23)14-7-8-15(24-2)16(10-14)25-3/h4-11,20H,1-3H3,(H,19,21)/t11-/m1/s1. The SMILES string of the molecule is COc1ccc(S(=O)(=O)N[C@H](C)C(=O)Nc2cccc(Br)c2)cc1OC. The average molecular weight is 443 g/mol. The minimum atomic E-state index is -3.92. The molecule has 0 aliphatic carbocycles. The monoisotopic (exact) mass is 442 g/mol. The van der Waals surface area contributed by atoms with Crippen molar-refractivity contribution in [3.8, 4) is 11.5 Å². The van der Waals surface area contributed by atoms with Gasteiger partial charge in [0.15, 0.2) is 11.5 Å². The number of nitrogens with one attached hydrogen (secondary N) is 2. The van der Waals surface area contributed by atoms with Gasteiger partial charge in [0.2, 0.25) is 15.9 Å². The molecule has 0 aromatic heterocycles. The van der Waals surface area contributed by atoms with Gasteiger partial charge < -0.3 is 14.8 Å². The summed E-state index contributed by atoms with van der Waals surface area (Å²) >= 11 is 3.31. The van der Waals surface area contributed by atoms with Gasteiger partial charge in [-0.05, 0) is 37.3 Å². The van der Waals surface area contributed by atoms with Crippen molar-refractivity contribution in [2.24, 2.45) is 0 Å². The Morgan fingerprint density at radius 3 is 2.38 bits per heavy atom. The maximum atomic E-state index is 12.5. The van der Waals surface area contributed by atoms with E-state index in [0.717, 1.165) is 4.47 Å². The lowest BCUT2D eigenvalue weighted by Crippen LogP contribution is -2.41. The zero-order chi connectivity index (χ0) is 19.3. The van der Waals surface area contributed by atoms with Crippen molar-refractivity contribution < 1.29 is 22.7 Å². The second-order valence-corrected chi connectivity index (χ2v) is 7.99. The summed E-state index contributed by atoms with van der Waals surface area (Å²) in [5.74, 6) is 0.209. The van der Waals surface area contributed by atoms with Crippen LogP contribution in [0.5, 0.6) is 11.5 Å². The van der Waals surface area contributed by atoms with Crippen LogP contribution < -0.4 is 19.5 Å². The highest BCUT2D eigenvalue weighted by atomic mass is 79.9. The van der Waals surface area contributed by atoms with E-state index in [-0.39, 0.29) is 10.6 Å². The topological polar surface area (TPSA) is 93.7 Å². The predicted octanol–water partition coefficient (Wildman–Crippen LogP) is 2.77. The minimum absolute atomic E-state index is 0.0303. The number of hydrogen-bond acceptors (Lipinski definition) is 5. The van der Waals surface area contributed by atoms with Crippen LogP contribution in [0.25, 0.3) is 0 Å². The molecule has 0 fully saturated rings. The van der Waals surface area contributed by atoms with Crippen LogP contribution in [0.3, 0.4) is 0 Å². The first-order valence-electron chi connectivity index (χ1n) is 7.57. The molecular weight excluding hydrogens is 424 g/mol. The second kappa shape index (κ2) is 8.52. The number of benzene rings is 2. The van der Waals surface area contributed by atoms with Crippen LogP contribution in [0.1, 0.15) is 6.92 Å². The number of carbonyl (C=O) groups excluding carboxylic acids is 1. The van der Waals surface area contributed by atoms with Crippen molar-refractivity contribution >= 4 is 37.5 Å². The Kier molecular flexibility index (Phi) is 6.63. The van der Waals surface area contributed by atoms with E-state index in [1.54, 1.807) is 18.2 Å². The first-order valence-corrected chi connectivity index (χ1v) is 9.85. The van der Waals surface area contributed by atoms with Crippen LogP contribution in [0.2, 0.25) is 0 Å². The minimum Gasteiger partial charge on any atom is -0.493 e. The van der Waals surface area contributed by atoms with E-state index >= 15 is 0 Å². The van der Waals surface area contributed by atoms with Gasteiger partial charge in [-0.3, -0.25) is 4.79 Å². The van der Waals surface area contributed by atoms with Crippen LogP contribution >= 0.6 is 15.9 Å². The van der Waals surface area contributed by atoms with Crippen molar-refractivity contribution in [1.29, 1.82) is 0 Å². The third kappa shape index (κ3) is 4.96. The van der Waals surface area contributed by atoms with E-state index in [9.17, 15) is 13.2 Å². The molecule has 0 aliphatic heterocycles. The molecule has 9 heteroatoms. The summed E-state index contributed by atoms with van der Waals surface area (Å²) < 4.78 is 38.4. The lowest BCUT2D eigenvalue weighted by Gasteiger charge is -2.15. The second-order valence-electron chi connectivity index (χ2n) is 5.36. The number of hydrogen-bond donors (Lipinski definition) is 2. The van der Waals surface area contributed by atoms with Crippen molar-refractivity contribution in [2.75, 3.05) is 19.5 Å². The number of methoxy groups -OCH3 is 2. The molecule has 2 aromatic rings. The molecule has 0 aliphatic rings. The zero-order valence-electron chi connectivity index (χ0n) is 14.4. The summed E-state index contributed by atoms with van der Waals surface area (Å²) in [6.07, 6.45) is 0. The van der Waals surface area contributed by atoms with Gasteiger partial charge in [0, 0.05) is 16.2 Å². The van der Waals surface area contributed by atoms with Crippen LogP contribution in [-0.4, -0.2) is 34.6 Å². The Hall–Kier alpha value is -2.10. The number of carbonyl (C=O) groups is 1. The highest BCUT2D eigenvalue weighted by Gasteiger charge is 2.23. The van der Waals surface area contributed by atoms with E-state index < -0.39 is 22.0 Å². The fraction of sp³-hybridized carbons (Fsp3) is 0.235. The van der Waals surface area contributed by atoms with Crippen LogP contribution in [0, 0.1) is 0 Å². The zero-order valence-corrected chi connectivity index (χ0v) is 16.8. The molecule has 0 radical (unpaired) electrons. The summed E-state index contributed by atoms with van der Waals surface area (Å²) in [4.78, 5) is 12.2. The lowest BCUT2D eigenvalue weighted by atomic mass is 10.3. The van der Waals surface area contributed by atoms with Crippen LogP contribution in [0.15, 0.2) is 51.8 Å². The van der Waals surface area contributed by atoms with Crippen molar-refractivity contribution in [1.82, 2.24) is 4.72 Å². The molecule has 26 heavy (non-hydrogen) atoms. The number of halogens is 1. The summed E-state index contributed by atoms with van der Waals surface area (Å²) in [5, 5.41) is 2.66. The normalized spacial score (nSPS) is 12.3. The molecule has 0 bridgehead atoms. The molecule has 0 unspecified atom stereocenters. The molecule has 2 rings (SSSR count). The fourth-order valence-corrected chi connectivity index (χ4v) is 3.77. The van der Waals surface area contributed by atoms with E-state index in [1.165, 1.54) is 39.3 Å². The summed E-state index contributed by atoms with van der Waals surface area (Å²) in [7, 11) is -1.05. The summed E-state index contributed by atoms with van der Waals surface area (Å²) in [5.41, 5.74) is 0.557. The van der Waals surface area contributed by atoms with Gasteiger partial charge >= 0.3 is 0 Å². The summed E-state index contributed by atoms with van der Waals surface area (Å²) in [6.45, 7) is 1.46. The van der Waals surface area contributed by atoms with Crippen molar-refractivity contribution in [3.05, 3.63) is 46.9 Å². The molecule has 2 N–H and O–H groups in total. The molecule has 7 nitrogen and oxygen atoms in total. The first kappa shape index (κ1) is 20.2. The number of rotatable bonds is 7. The van der Waals surface area contributed by atoms with Gasteiger partial charge in [-0.2, -0.15) is 4.72 Å². The van der Waals surface area contributed by atoms with E-state index in [0.29, 0.717) is 11.4 Å². The van der Waals surface area contributed by atoms with Crippen LogP contribution in [0.4, 0.5) is 5.69 Å². The number of ether oxygens (including phenoxy) is 2. The number of sulfonamides is 1. The van der Waals surface area contributed by atoms with Gasteiger partial charge in [0.25, 0.3) is 0 Å². The molecule has 2 aromatic carbocycles. The largest absolute Gasteiger partial charge is 0.493 e.